The summed E-state index contributed by atoms with van der Waals surface area (Å²) in [7, 11) is 0. The molecule has 0 spiro atoms. The zero-order valence-corrected chi connectivity index (χ0v) is 10.8. The number of hydrogen-bond acceptors (Lipinski definition) is 5. The van der Waals surface area contributed by atoms with Crippen molar-refractivity contribution in [1.29, 1.82) is 0 Å². The van der Waals surface area contributed by atoms with Crippen molar-refractivity contribution in [3.05, 3.63) is 0 Å². The maximum absolute atomic E-state index is 11.4. The zero-order valence-electron chi connectivity index (χ0n) is 10.8. The standard InChI is InChI=1S/C11H20N2O6/c1-11(17,4-9(14)15)7-13-10(16)12-5-8-6-18-2-3-19-8/h8,17H,2-7H2,1H3,(H,14,15)(H2,12,13,16). The highest BCUT2D eigenvalue weighted by atomic mass is 16.6. The molecule has 8 heteroatoms. The minimum atomic E-state index is -1.48. The first-order chi connectivity index (χ1) is 8.89. The van der Waals surface area contributed by atoms with Crippen LogP contribution in [0.4, 0.5) is 4.79 Å². The van der Waals surface area contributed by atoms with Crippen LogP contribution in [0.5, 0.6) is 0 Å². The highest BCUT2D eigenvalue weighted by Gasteiger charge is 2.25. The normalized spacial score (nSPS) is 22.3. The lowest BCUT2D eigenvalue weighted by Gasteiger charge is -2.24. The van der Waals surface area contributed by atoms with Gasteiger partial charge < -0.3 is 30.3 Å². The Kier molecular flexibility index (Phi) is 6.00. The fraction of sp³-hybridized carbons (Fsp3) is 0.818. The Hall–Kier alpha value is -1.38. The number of urea groups is 1. The Labute approximate surface area is 111 Å². The van der Waals surface area contributed by atoms with Gasteiger partial charge in [-0.3, -0.25) is 4.79 Å². The molecule has 0 aromatic heterocycles. The molecule has 0 aromatic carbocycles. The maximum atomic E-state index is 11.4. The highest BCUT2D eigenvalue weighted by Crippen LogP contribution is 2.07. The van der Waals surface area contributed by atoms with Crippen molar-refractivity contribution in [2.75, 3.05) is 32.9 Å². The Morgan fingerprint density at radius 2 is 2.11 bits per heavy atom. The van der Waals surface area contributed by atoms with Crippen LogP contribution in [0, 0.1) is 0 Å². The smallest absolute Gasteiger partial charge is 0.314 e. The van der Waals surface area contributed by atoms with E-state index in [-0.39, 0.29) is 12.6 Å². The molecule has 1 saturated heterocycles. The van der Waals surface area contributed by atoms with Crippen LogP contribution in [-0.4, -0.2) is 66.8 Å². The number of hydrogen-bond donors (Lipinski definition) is 4. The van der Waals surface area contributed by atoms with E-state index in [4.69, 9.17) is 14.6 Å². The summed E-state index contributed by atoms with van der Waals surface area (Å²) in [6.45, 7) is 2.98. The monoisotopic (exact) mass is 276 g/mol. The number of carbonyl (C=O) groups is 2. The molecule has 4 N–H and O–H groups in total. The number of nitrogens with one attached hydrogen (secondary N) is 2. The van der Waals surface area contributed by atoms with E-state index in [0.717, 1.165) is 0 Å². The minimum Gasteiger partial charge on any atom is -0.481 e. The Balaban J connectivity index is 2.18. The van der Waals surface area contributed by atoms with Crippen LogP contribution in [0.2, 0.25) is 0 Å². The molecule has 19 heavy (non-hydrogen) atoms. The summed E-state index contributed by atoms with van der Waals surface area (Å²) >= 11 is 0. The summed E-state index contributed by atoms with van der Waals surface area (Å²) < 4.78 is 10.5. The van der Waals surface area contributed by atoms with E-state index < -0.39 is 24.0 Å². The SMILES string of the molecule is CC(O)(CNC(=O)NCC1COCCO1)CC(=O)O. The van der Waals surface area contributed by atoms with Gasteiger partial charge in [0.1, 0.15) is 0 Å². The molecule has 2 unspecified atom stereocenters. The van der Waals surface area contributed by atoms with Crippen molar-refractivity contribution in [3.8, 4) is 0 Å². The summed E-state index contributed by atoms with van der Waals surface area (Å²) in [5, 5.41) is 23.2. The lowest BCUT2D eigenvalue weighted by atomic mass is 10.0. The van der Waals surface area contributed by atoms with Crippen molar-refractivity contribution < 1.29 is 29.3 Å². The molecule has 2 amide bonds. The number of carboxylic acids is 1. The van der Waals surface area contributed by atoms with Gasteiger partial charge in [-0.25, -0.2) is 4.79 Å². The summed E-state index contributed by atoms with van der Waals surface area (Å²) in [4.78, 5) is 21.9. The highest BCUT2D eigenvalue weighted by molar-refractivity contribution is 5.74. The summed E-state index contributed by atoms with van der Waals surface area (Å²) in [6, 6.07) is -0.486. The fourth-order valence-corrected chi connectivity index (χ4v) is 1.58. The van der Waals surface area contributed by atoms with Crippen molar-refractivity contribution in [2.45, 2.75) is 25.0 Å². The second kappa shape index (κ2) is 7.27. The predicted octanol–water partition coefficient (Wildman–Crippen LogP) is -1.07. The molecular formula is C11H20N2O6. The van der Waals surface area contributed by atoms with Gasteiger partial charge >= 0.3 is 12.0 Å². The van der Waals surface area contributed by atoms with Crippen LogP contribution in [0.1, 0.15) is 13.3 Å². The van der Waals surface area contributed by atoms with Crippen molar-refractivity contribution in [3.63, 3.8) is 0 Å². The number of amides is 2. The molecule has 0 aliphatic carbocycles. The van der Waals surface area contributed by atoms with Gasteiger partial charge in [-0.05, 0) is 6.92 Å². The first-order valence-electron chi connectivity index (χ1n) is 6.04. The van der Waals surface area contributed by atoms with E-state index in [1.165, 1.54) is 6.92 Å². The van der Waals surface area contributed by atoms with Gasteiger partial charge in [0.15, 0.2) is 0 Å². The Bertz CT molecular complexity index is 314. The number of aliphatic hydroxyl groups is 1. The number of ether oxygens (including phenoxy) is 2. The molecular weight excluding hydrogens is 256 g/mol. The average Bonchev–Trinajstić information content (AvgIpc) is 2.34. The molecule has 1 rings (SSSR count). The number of carbonyl (C=O) groups excluding carboxylic acids is 1. The van der Waals surface area contributed by atoms with E-state index in [0.29, 0.717) is 26.4 Å². The van der Waals surface area contributed by atoms with Gasteiger partial charge in [0.25, 0.3) is 0 Å². The molecule has 0 bridgehead atoms. The van der Waals surface area contributed by atoms with Crippen LogP contribution >= 0.6 is 0 Å². The van der Waals surface area contributed by atoms with E-state index in [1.807, 2.05) is 0 Å². The van der Waals surface area contributed by atoms with Crippen LogP contribution in [0.15, 0.2) is 0 Å². The minimum absolute atomic E-state index is 0.146. The van der Waals surface area contributed by atoms with Gasteiger partial charge in [0.2, 0.25) is 0 Å². The largest absolute Gasteiger partial charge is 0.481 e. The number of aliphatic carboxylic acids is 1. The summed E-state index contributed by atoms with van der Waals surface area (Å²) in [6.07, 6.45) is -0.619. The third-order valence-electron chi connectivity index (χ3n) is 2.54. The molecule has 2 atom stereocenters. The predicted molar refractivity (Wildman–Crippen MR) is 64.8 cm³/mol. The second-order valence-electron chi connectivity index (χ2n) is 4.70. The lowest BCUT2D eigenvalue weighted by Crippen LogP contribution is -2.48. The van der Waals surface area contributed by atoms with Crippen molar-refractivity contribution >= 4 is 12.0 Å². The molecule has 0 aromatic rings. The van der Waals surface area contributed by atoms with Gasteiger partial charge in [-0.1, -0.05) is 0 Å². The third-order valence-corrected chi connectivity index (χ3v) is 2.54. The number of carboxylic acid groups (broad SMARTS) is 1. The van der Waals surface area contributed by atoms with E-state index >= 15 is 0 Å². The van der Waals surface area contributed by atoms with Crippen LogP contribution in [-0.2, 0) is 14.3 Å². The van der Waals surface area contributed by atoms with Gasteiger partial charge in [0, 0.05) is 13.1 Å². The van der Waals surface area contributed by atoms with Gasteiger partial charge in [-0.15, -0.1) is 0 Å². The maximum Gasteiger partial charge on any atom is 0.314 e. The lowest BCUT2D eigenvalue weighted by molar-refractivity contribution is -0.141. The molecule has 1 aliphatic heterocycles. The average molecular weight is 276 g/mol. The van der Waals surface area contributed by atoms with Crippen LogP contribution < -0.4 is 10.6 Å². The molecule has 1 heterocycles. The quantitative estimate of drug-likeness (QED) is 0.490. The molecule has 8 nitrogen and oxygen atoms in total. The fourth-order valence-electron chi connectivity index (χ4n) is 1.58. The summed E-state index contributed by atoms with van der Waals surface area (Å²) in [5.41, 5.74) is -1.48. The van der Waals surface area contributed by atoms with E-state index in [9.17, 15) is 14.7 Å². The van der Waals surface area contributed by atoms with Crippen LogP contribution in [0.3, 0.4) is 0 Å². The first kappa shape index (κ1) is 15.7. The summed E-state index contributed by atoms with van der Waals surface area (Å²) in [5.74, 6) is -1.13. The van der Waals surface area contributed by atoms with Crippen molar-refractivity contribution in [2.24, 2.45) is 0 Å². The Morgan fingerprint density at radius 3 is 2.68 bits per heavy atom. The van der Waals surface area contributed by atoms with Gasteiger partial charge in [0.05, 0.1) is 37.9 Å². The van der Waals surface area contributed by atoms with Crippen molar-refractivity contribution in [1.82, 2.24) is 10.6 Å². The molecule has 1 fully saturated rings. The Morgan fingerprint density at radius 1 is 1.37 bits per heavy atom. The second-order valence-corrected chi connectivity index (χ2v) is 4.70. The number of rotatable bonds is 6. The molecule has 110 valence electrons. The topological polar surface area (TPSA) is 117 Å². The van der Waals surface area contributed by atoms with Gasteiger partial charge in [-0.2, -0.15) is 0 Å². The molecule has 1 aliphatic rings. The molecule has 0 saturated carbocycles. The van der Waals surface area contributed by atoms with Crippen LogP contribution in [0.25, 0.3) is 0 Å². The van der Waals surface area contributed by atoms with E-state index in [1.54, 1.807) is 0 Å². The third kappa shape index (κ3) is 6.94. The molecule has 0 radical (unpaired) electrons. The van der Waals surface area contributed by atoms with E-state index in [2.05, 4.69) is 10.6 Å². The zero-order chi connectivity index (χ0) is 14.3. The first-order valence-corrected chi connectivity index (χ1v) is 6.04.